The van der Waals surface area contributed by atoms with Crippen molar-refractivity contribution in [2.45, 2.75) is 0 Å². The van der Waals surface area contributed by atoms with Gasteiger partial charge in [0.1, 0.15) is 0 Å². The molecule has 0 unspecified atom stereocenters. The van der Waals surface area contributed by atoms with Gasteiger partial charge in [0, 0.05) is 54.0 Å². The molecule has 0 saturated heterocycles. The Morgan fingerprint density at radius 3 is 2.10 bits per heavy atom. The summed E-state index contributed by atoms with van der Waals surface area (Å²) in [5.41, 5.74) is 11.9. The van der Waals surface area contributed by atoms with Crippen LogP contribution in [0.25, 0.3) is 61.2 Å². The van der Waals surface area contributed by atoms with E-state index in [1.807, 2.05) is 60.7 Å². The largest absolute Gasteiger partial charge is 0.494 e. The molecule has 6 aromatic carbocycles. The van der Waals surface area contributed by atoms with Crippen molar-refractivity contribution in [3.8, 4) is 11.6 Å². The van der Waals surface area contributed by atoms with E-state index in [4.69, 9.17) is 10.8 Å². The standard InChI is InChI=1S/C20H12N2O2.C12H6BrNO3.C8H9N/c1-2-11-3-5-12(6-4-11)22-16-10-9-15-17-13(19(23)21-15)7-8-14(18(16)17)20(22)24;13-7-3-4-8-10-5(11(15)14-8)1-2-6(9(7)10)12(16)17;1-2-7-3-5-8(9)6-4-7/h2-10,24H,1H2;1-4H,(H,14,15)(H,16,17);2-6H,1,9H2. The zero-order valence-corrected chi connectivity index (χ0v) is 27.9. The zero-order valence-electron chi connectivity index (χ0n) is 26.3. The van der Waals surface area contributed by atoms with Crippen molar-refractivity contribution in [2.24, 2.45) is 0 Å². The number of anilines is 2. The lowest BCUT2D eigenvalue weighted by atomic mass is 10.0. The summed E-state index contributed by atoms with van der Waals surface area (Å²) >= 11 is 3.33. The lowest BCUT2D eigenvalue weighted by Gasteiger charge is -2.07. The Balaban J connectivity index is 0.000000131. The van der Waals surface area contributed by atoms with Crippen LogP contribution in [-0.2, 0) is 0 Å². The molecule has 9 nitrogen and oxygen atoms in total. The Kier molecular flexibility index (Phi) is 8.01. The van der Waals surface area contributed by atoms with Crippen LogP contribution in [0.3, 0.4) is 0 Å². The minimum atomic E-state index is -1.01. The monoisotopic (exact) mass is 722 g/mol. The van der Waals surface area contributed by atoms with E-state index in [0.29, 0.717) is 37.4 Å². The van der Waals surface area contributed by atoms with Crippen LogP contribution < -0.4 is 16.6 Å². The van der Waals surface area contributed by atoms with Crippen molar-refractivity contribution < 1.29 is 19.8 Å². The number of aromatic nitrogens is 2. The minimum absolute atomic E-state index is 0.166. The lowest BCUT2D eigenvalue weighted by Crippen LogP contribution is -2.04. The van der Waals surface area contributed by atoms with E-state index in [2.05, 4.69) is 39.4 Å². The third-order valence-electron chi connectivity index (χ3n) is 8.65. The highest BCUT2D eigenvalue weighted by atomic mass is 79.9. The maximum absolute atomic E-state index is 12.0. The molecule has 9 rings (SSSR count). The summed E-state index contributed by atoms with van der Waals surface area (Å²) in [5.74, 6) is -1.03. The maximum Gasteiger partial charge on any atom is 0.336 e. The molecule has 1 amide bonds. The van der Waals surface area contributed by atoms with E-state index < -0.39 is 5.97 Å². The molecular weight excluding hydrogens is 696 g/mol. The normalized spacial score (nSPS) is 11.7. The fourth-order valence-electron chi connectivity index (χ4n) is 6.28. The molecule has 0 fully saturated rings. The van der Waals surface area contributed by atoms with Crippen LogP contribution in [0.4, 0.5) is 11.4 Å². The van der Waals surface area contributed by atoms with E-state index in [0.717, 1.165) is 44.2 Å². The molecule has 1 aliphatic rings. The minimum Gasteiger partial charge on any atom is -0.494 e. The number of nitrogen functional groups attached to an aromatic ring is 1. The number of nitrogens with two attached hydrogens (primary N) is 1. The number of carbonyl (C=O) groups is 2. The molecule has 0 atom stereocenters. The predicted molar refractivity (Wildman–Crippen MR) is 204 cm³/mol. The Hall–Kier alpha value is -6.52. The number of hydrogen-bond acceptors (Lipinski definition) is 6. The molecule has 0 radical (unpaired) electrons. The average molecular weight is 724 g/mol. The summed E-state index contributed by atoms with van der Waals surface area (Å²) in [5, 5.41) is 26.9. The molecule has 0 spiro atoms. The number of carbonyl (C=O) groups excluding carboxylic acids is 1. The highest BCUT2D eigenvalue weighted by molar-refractivity contribution is 9.10. The van der Waals surface area contributed by atoms with Crippen LogP contribution in [0.5, 0.6) is 5.88 Å². The first-order chi connectivity index (χ1) is 24.1. The average Bonchev–Trinajstić information content (AvgIpc) is 3.74. The number of benzene rings is 6. The fraction of sp³-hybridized carbons (Fsp3) is 0. The molecule has 10 heteroatoms. The number of halogens is 1. The van der Waals surface area contributed by atoms with Crippen LogP contribution in [0.15, 0.2) is 119 Å². The lowest BCUT2D eigenvalue weighted by molar-refractivity contribution is 0.0698. The third kappa shape index (κ3) is 5.28. The van der Waals surface area contributed by atoms with Crippen LogP contribution in [-0.4, -0.2) is 31.6 Å². The van der Waals surface area contributed by atoms with Crippen LogP contribution in [0.1, 0.15) is 31.8 Å². The summed E-state index contributed by atoms with van der Waals surface area (Å²) in [4.78, 5) is 39.0. The molecule has 1 aliphatic heterocycles. The number of aromatic carboxylic acids is 1. The van der Waals surface area contributed by atoms with E-state index in [9.17, 15) is 19.5 Å². The van der Waals surface area contributed by atoms with Gasteiger partial charge in [-0.05, 0) is 83.9 Å². The Morgan fingerprint density at radius 1 is 0.780 bits per heavy atom. The molecule has 3 heterocycles. The summed E-state index contributed by atoms with van der Waals surface area (Å²) in [6, 6.07) is 29.1. The predicted octanol–water partition coefficient (Wildman–Crippen LogP) is 8.69. The van der Waals surface area contributed by atoms with Crippen molar-refractivity contribution >= 4 is 94.7 Å². The summed E-state index contributed by atoms with van der Waals surface area (Å²) in [7, 11) is 0. The van der Waals surface area contributed by atoms with Crippen molar-refractivity contribution in [3.63, 3.8) is 0 Å². The molecule has 50 heavy (non-hydrogen) atoms. The van der Waals surface area contributed by atoms with Gasteiger partial charge in [0.05, 0.1) is 22.0 Å². The molecule has 8 aromatic rings. The van der Waals surface area contributed by atoms with Gasteiger partial charge in [-0.2, -0.15) is 0 Å². The van der Waals surface area contributed by atoms with Gasteiger partial charge >= 0.3 is 5.97 Å². The fourth-order valence-corrected chi connectivity index (χ4v) is 6.82. The van der Waals surface area contributed by atoms with Gasteiger partial charge in [0.2, 0.25) is 5.88 Å². The summed E-state index contributed by atoms with van der Waals surface area (Å²) < 4.78 is 2.47. The zero-order chi connectivity index (χ0) is 35.3. The van der Waals surface area contributed by atoms with Crippen LogP contribution >= 0.6 is 15.9 Å². The number of aromatic hydroxyl groups is 1. The summed E-state index contributed by atoms with van der Waals surface area (Å²) in [6.45, 7) is 7.38. The van der Waals surface area contributed by atoms with Gasteiger partial charge in [-0.15, -0.1) is 0 Å². The first-order valence-corrected chi connectivity index (χ1v) is 16.1. The smallest absolute Gasteiger partial charge is 0.336 e. The Morgan fingerprint density at radius 2 is 1.44 bits per heavy atom. The van der Waals surface area contributed by atoms with Crippen molar-refractivity contribution in [2.75, 3.05) is 11.1 Å². The Labute approximate surface area is 293 Å². The highest BCUT2D eigenvalue weighted by Crippen LogP contribution is 2.42. The molecule has 5 N–H and O–H groups in total. The number of carboxylic acid groups (broad SMARTS) is 1. The molecular formula is C40H27BrN4O5. The van der Waals surface area contributed by atoms with E-state index in [1.165, 1.54) is 6.07 Å². The van der Waals surface area contributed by atoms with E-state index >= 15 is 0 Å². The summed E-state index contributed by atoms with van der Waals surface area (Å²) in [6.07, 6.45) is 3.57. The van der Waals surface area contributed by atoms with Gasteiger partial charge in [-0.25, -0.2) is 9.78 Å². The number of carboxylic acids is 1. The number of hydrogen-bond donors (Lipinski definition) is 4. The van der Waals surface area contributed by atoms with Crippen LogP contribution in [0.2, 0.25) is 0 Å². The Bertz CT molecular complexity index is 2700. The topological polar surface area (TPSA) is 148 Å². The van der Waals surface area contributed by atoms with Gasteiger partial charge in [-0.3, -0.25) is 14.2 Å². The first kappa shape index (κ1) is 32.0. The second-order valence-electron chi connectivity index (χ2n) is 11.5. The molecule has 244 valence electrons. The second-order valence-corrected chi connectivity index (χ2v) is 12.4. The van der Waals surface area contributed by atoms with Crippen molar-refractivity contribution in [3.05, 3.63) is 147 Å². The molecule has 2 aromatic heterocycles. The quantitative estimate of drug-likeness (QED) is 0.133. The van der Waals surface area contributed by atoms with Crippen LogP contribution in [0, 0.1) is 0 Å². The molecule has 0 aliphatic carbocycles. The van der Waals surface area contributed by atoms with Gasteiger partial charge in [-0.1, -0.05) is 65.5 Å². The third-order valence-corrected chi connectivity index (χ3v) is 9.32. The van der Waals surface area contributed by atoms with E-state index in [-0.39, 0.29) is 22.9 Å². The number of amides is 1. The number of nitrogens with zero attached hydrogens (tertiary/aromatic N) is 2. The molecule has 0 saturated carbocycles. The number of rotatable bonds is 4. The molecule has 0 bridgehead atoms. The number of nitrogens with one attached hydrogen (secondary N) is 1. The van der Waals surface area contributed by atoms with Crippen molar-refractivity contribution in [1.29, 1.82) is 0 Å². The SMILES string of the molecule is C=Cc1ccc(-n2c(O)c3ccc4c(=O)nc5ccc2c3c54)cc1.C=Cc1ccc(N)cc1.O=C(O)c1ccc2c3c(ccc(Br)c13)NC2=O. The van der Waals surface area contributed by atoms with Gasteiger partial charge in [0.25, 0.3) is 11.5 Å². The van der Waals surface area contributed by atoms with Gasteiger partial charge in [0.15, 0.2) is 0 Å². The maximum atomic E-state index is 12.0. The highest BCUT2D eigenvalue weighted by Gasteiger charge is 2.25. The van der Waals surface area contributed by atoms with Crippen molar-refractivity contribution in [1.82, 2.24) is 9.55 Å². The van der Waals surface area contributed by atoms with E-state index in [1.54, 1.807) is 47.1 Å². The second kappa shape index (κ2) is 12.5. The van der Waals surface area contributed by atoms with Gasteiger partial charge < -0.3 is 21.3 Å². The first-order valence-electron chi connectivity index (χ1n) is 15.3.